The van der Waals surface area contributed by atoms with Crippen LogP contribution in [0.25, 0.3) is 0 Å². The van der Waals surface area contributed by atoms with Crippen LogP contribution in [0.5, 0.6) is 0 Å². The lowest BCUT2D eigenvalue weighted by Crippen LogP contribution is -2.41. The molecule has 1 aromatic carbocycles. The predicted molar refractivity (Wildman–Crippen MR) is 97.4 cm³/mol. The molecule has 1 aliphatic heterocycles. The monoisotopic (exact) mass is 357 g/mol. The molecule has 0 bridgehead atoms. The van der Waals surface area contributed by atoms with Gasteiger partial charge in [-0.15, -0.1) is 0 Å². The fourth-order valence-electron chi connectivity index (χ4n) is 2.93. The lowest BCUT2D eigenvalue weighted by Gasteiger charge is -2.24. The molecule has 128 valence electrons. The quantitative estimate of drug-likeness (QED) is 0.844. The van der Waals surface area contributed by atoms with Crippen LogP contribution in [0.1, 0.15) is 20.3 Å². The van der Waals surface area contributed by atoms with E-state index in [4.69, 9.17) is 23.2 Å². The van der Waals surface area contributed by atoms with Gasteiger partial charge in [0.1, 0.15) is 0 Å². The predicted octanol–water partition coefficient (Wildman–Crippen LogP) is 3.59. The number of rotatable bonds is 6. The van der Waals surface area contributed by atoms with E-state index in [9.17, 15) is 4.79 Å². The first-order valence-corrected chi connectivity index (χ1v) is 8.84. The minimum absolute atomic E-state index is 0.0429. The maximum atomic E-state index is 12.5. The van der Waals surface area contributed by atoms with Gasteiger partial charge in [-0.2, -0.15) is 0 Å². The molecule has 4 nitrogen and oxygen atoms in total. The summed E-state index contributed by atoms with van der Waals surface area (Å²) in [6.07, 6.45) is 1.14. The van der Waals surface area contributed by atoms with E-state index in [-0.39, 0.29) is 11.9 Å². The number of likely N-dealkylation sites (tertiary alicyclic amines) is 1. The summed E-state index contributed by atoms with van der Waals surface area (Å²) in [5, 5.41) is 3.94. The van der Waals surface area contributed by atoms with Crippen molar-refractivity contribution in [2.75, 3.05) is 38.5 Å². The molecule has 0 radical (unpaired) electrons. The number of hydrogen-bond donors (Lipinski definition) is 1. The third-order valence-electron chi connectivity index (χ3n) is 4.54. The van der Waals surface area contributed by atoms with Crippen molar-refractivity contribution in [3.05, 3.63) is 28.2 Å². The highest BCUT2D eigenvalue weighted by Gasteiger charge is 2.30. The number of nitrogens with one attached hydrogen (secondary N) is 1. The molecular weight excluding hydrogens is 333 g/mol. The SMILES string of the molecule is CCN(C)C[C@@H]1CCN([C@@H](C)C(=O)Nc2cc(Cl)ccc2Cl)C1. The molecule has 2 rings (SSSR count). The molecule has 1 fully saturated rings. The molecule has 1 aromatic rings. The highest BCUT2D eigenvalue weighted by molar-refractivity contribution is 6.35. The van der Waals surface area contributed by atoms with Crippen molar-refractivity contribution in [2.45, 2.75) is 26.3 Å². The van der Waals surface area contributed by atoms with Crippen molar-refractivity contribution in [1.29, 1.82) is 0 Å². The van der Waals surface area contributed by atoms with E-state index in [2.05, 4.69) is 29.1 Å². The molecule has 1 amide bonds. The van der Waals surface area contributed by atoms with E-state index >= 15 is 0 Å². The maximum absolute atomic E-state index is 12.5. The summed E-state index contributed by atoms with van der Waals surface area (Å²) < 4.78 is 0. The van der Waals surface area contributed by atoms with Gasteiger partial charge in [-0.05, 0) is 57.6 Å². The Morgan fingerprint density at radius 2 is 2.22 bits per heavy atom. The number of nitrogens with zero attached hydrogens (tertiary/aromatic N) is 2. The van der Waals surface area contributed by atoms with Crippen molar-refractivity contribution in [1.82, 2.24) is 9.80 Å². The summed E-state index contributed by atoms with van der Waals surface area (Å²) in [7, 11) is 2.14. The van der Waals surface area contributed by atoms with E-state index in [1.165, 1.54) is 0 Å². The second-order valence-electron chi connectivity index (χ2n) is 6.29. The largest absolute Gasteiger partial charge is 0.323 e. The van der Waals surface area contributed by atoms with Gasteiger partial charge in [-0.25, -0.2) is 0 Å². The Kier molecular flexibility index (Phi) is 6.72. The van der Waals surface area contributed by atoms with Crippen LogP contribution >= 0.6 is 23.2 Å². The zero-order valence-corrected chi connectivity index (χ0v) is 15.5. The van der Waals surface area contributed by atoms with Gasteiger partial charge < -0.3 is 10.2 Å². The third kappa shape index (κ3) is 5.08. The molecule has 23 heavy (non-hydrogen) atoms. The number of hydrogen-bond acceptors (Lipinski definition) is 3. The van der Waals surface area contributed by atoms with Gasteiger partial charge in [0, 0.05) is 18.1 Å². The van der Waals surface area contributed by atoms with Gasteiger partial charge in [0.2, 0.25) is 5.91 Å². The van der Waals surface area contributed by atoms with E-state index in [1.807, 2.05) is 6.92 Å². The maximum Gasteiger partial charge on any atom is 0.241 e. The standard InChI is InChI=1S/C17H25Cl2N3O/c1-4-21(3)10-13-7-8-22(11-13)12(2)17(23)20-16-9-14(18)5-6-15(16)19/h5-6,9,12-13H,4,7-8,10-11H2,1-3H3,(H,20,23)/t12-,13-/m0/s1. The van der Waals surface area contributed by atoms with Crippen LogP contribution in [0.4, 0.5) is 5.69 Å². The van der Waals surface area contributed by atoms with Crippen molar-refractivity contribution in [3.8, 4) is 0 Å². The normalized spacial score (nSPS) is 20.0. The second-order valence-corrected chi connectivity index (χ2v) is 7.14. The van der Waals surface area contributed by atoms with Crippen LogP contribution in [0.2, 0.25) is 10.0 Å². The van der Waals surface area contributed by atoms with E-state index in [0.717, 1.165) is 32.6 Å². The van der Waals surface area contributed by atoms with Crippen molar-refractivity contribution >= 4 is 34.8 Å². The summed E-state index contributed by atoms with van der Waals surface area (Å²) in [6.45, 7) is 8.17. The van der Waals surface area contributed by atoms with Crippen LogP contribution in [0.15, 0.2) is 18.2 Å². The average Bonchev–Trinajstić information content (AvgIpc) is 2.98. The number of carbonyl (C=O) groups excluding carboxylic acids is 1. The Morgan fingerprint density at radius 3 is 2.91 bits per heavy atom. The van der Waals surface area contributed by atoms with Crippen molar-refractivity contribution in [2.24, 2.45) is 5.92 Å². The molecule has 0 aliphatic carbocycles. The summed E-state index contributed by atoms with van der Waals surface area (Å²) >= 11 is 12.1. The number of carbonyl (C=O) groups is 1. The van der Waals surface area contributed by atoms with Crippen LogP contribution in [-0.4, -0.2) is 55.0 Å². The Balaban J connectivity index is 1.91. The zero-order chi connectivity index (χ0) is 17.0. The highest BCUT2D eigenvalue weighted by atomic mass is 35.5. The van der Waals surface area contributed by atoms with E-state index in [0.29, 0.717) is 21.7 Å². The molecule has 1 saturated heterocycles. The molecular formula is C17H25Cl2N3O. The van der Waals surface area contributed by atoms with Gasteiger partial charge in [0.15, 0.2) is 0 Å². The minimum Gasteiger partial charge on any atom is -0.323 e. The van der Waals surface area contributed by atoms with Crippen LogP contribution < -0.4 is 5.32 Å². The fourth-order valence-corrected chi connectivity index (χ4v) is 3.27. The number of halogens is 2. The second kappa shape index (κ2) is 8.34. The minimum atomic E-state index is -0.179. The van der Waals surface area contributed by atoms with Gasteiger partial charge in [0.05, 0.1) is 16.8 Å². The van der Waals surface area contributed by atoms with Gasteiger partial charge in [0.25, 0.3) is 0 Å². The summed E-state index contributed by atoms with van der Waals surface area (Å²) in [5.41, 5.74) is 0.567. The first-order chi connectivity index (χ1) is 10.9. The third-order valence-corrected chi connectivity index (χ3v) is 5.11. The Morgan fingerprint density at radius 1 is 1.48 bits per heavy atom. The van der Waals surface area contributed by atoms with Crippen LogP contribution in [-0.2, 0) is 4.79 Å². The molecule has 2 atom stereocenters. The lowest BCUT2D eigenvalue weighted by molar-refractivity contribution is -0.120. The van der Waals surface area contributed by atoms with Crippen molar-refractivity contribution in [3.63, 3.8) is 0 Å². The van der Waals surface area contributed by atoms with Crippen molar-refractivity contribution < 1.29 is 4.79 Å². The lowest BCUT2D eigenvalue weighted by atomic mass is 10.1. The molecule has 1 heterocycles. The Bertz CT molecular complexity index is 553. The summed E-state index contributed by atoms with van der Waals surface area (Å²) in [4.78, 5) is 17.0. The molecule has 1 N–H and O–H groups in total. The molecule has 6 heteroatoms. The molecule has 0 spiro atoms. The topological polar surface area (TPSA) is 35.6 Å². The van der Waals surface area contributed by atoms with Gasteiger partial charge in [-0.3, -0.25) is 9.69 Å². The molecule has 0 saturated carbocycles. The molecule has 1 aliphatic rings. The van der Waals surface area contributed by atoms with E-state index in [1.54, 1.807) is 18.2 Å². The fraction of sp³-hybridized carbons (Fsp3) is 0.588. The Labute approximate surface area is 148 Å². The van der Waals surface area contributed by atoms with Gasteiger partial charge >= 0.3 is 0 Å². The number of anilines is 1. The van der Waals surface area contributed by atoms with Crippen LogP contribution in [0.3, 0.4) is 0 Å². The highest BCUT2D eigenvalue weighted by Crippen LogP contribution is 2.26. The summed E-state index contributed by atoms with van der Waals surface area (Å²) in [6, 6.07) is 4.90. The smallest absolute Gasteiger partial charge is 0.241 e. The molecule has 0 unspecified atom stereocenters. The van der Waals surface area contributed by atoms with E-state index < -0.39 is 0 Å². The first kappa shape index (κ1) is 18.5. The Hall–Kier alpha value is -0.810. The first-order valence-electron chi connectivity index (χ1n) is 8.09. The van der Waals surface area contributed by atoms with Crippen LogP contribution in [0, 0.1) is 5.92 Å². The number of amides is 1. The number of benzene rings is 1. The van der Waals surface area contributed by atoms with Gasteiger partial charge in [-0.1, -0.05) is 30.1 Å². The average molecular weight is 358 g/mol. The summed E-state index contributed by atoms with van der Waals surface area (Å²) in [5.74, 6) is 0.587. The molecule has 0 aromatic heterocycles. The zero-order valence-electron chi connectivity index (χ0n) is 14.0.